The molecule has 2 aromatic rings. The van der Waals surface area contributed by atoms with Crippen LogP contribution in [0.3, 0.4) is 0 Å². The van der Waals surface area contributed by atoms with E-state index in [4.69, 9.17) is 16.0 Å². The number of aromatic amines is 1. The van der Waals surface area contributed by atoms with E-state index in [2.05, 4.69) is 35.7 Å². The maximum absolute atomic E-state index is 6.18. The first kappa shape index (κ1) is 14.5. The first-order valence-electron chi connectivity index (χ1n) is 6.14. The molecule has 0 amide bonds. The molecule has 0 aliphatic rings. The zero-order chi connectivity index (χ0) is 14.3. The van der Waals surface area contributed by atoms with Crippen LogP contribution in [-0.2, 0) is 10.0 Å². The van der Waals surface area contributed by atoms with Crippen molar-refractivity contribution in [2.24, 2.45) is 0 Å². The van der Waals surface area contributed by atoms with E-state index in [1.165, 1.54) is 6.33 Å². The fraction of sp³-hybridized carbons (Fsp3) is 0.538. The van der Waals surface area contributed by atoms with Gasteiger partial charge in [-0.1, -0.05) is 32.4 Å². The smallest absolute Gasteiger partial charge is 0.236 e. The highest BCUT2D eigenvalue weighted by Crippen LogP contribution is 2.35. The van der Waals surface area contributed by atoms with Gasteiger partial charge in [0.25, 0.3) is 0 Å². The molecule has 2 aromatic heterocycles. The van der Waals surface area contributed by atoms with Crippen molar-refractivity contribution in [3.63, 3.8) is 0 Å². The monoisotopic (exact) mass is 295 g/mol. The first-order chi connectivity index (χ1) is 8.71. The number of nitrogens with zero attached hydrogens (tertiary/aromatic N) is 2. The SMILES string of the molecule is CC(C)(C)[Si]OC(C)(C)c1c[nH]c2ncnc(Cl)c12. The highest BCUT2D eigenvalue weighted by atomic mass is 35.5. The van der Waals surface area contributed by atoms with E-state index in [0.717, 1.165) is 16.6 Å². The summed E-state index contributed by atoms with van der Waals surface area (Å²) in [5.74, 6) is 0. The zero-order valence-electron chi connectivity index (χ0n) is 11.8. The maximum Gasteiger partial charge on any atom is 0.236 e. The Kier molecular flexibility index (Phi) is 3.73. The molecule has 0 atom stereocenters. The molecule has 2 rings (SSSR count). The van der Waals surface area contributed by atoms with Crippen molar-refractivity contribution in [1.29, 1.82) is 0 Å². The Balaban J connectivity index is 2.38. The summed E-state index contributed by atoms with van der Waals surface area (Å²) in [7, 11) is 0.401. The van der Waals surface area contributed by atoms with E-state index in [0.29, 0.717) is 14.9 Å². The van der Waals surface area contributed by atoms with Gasteiger partial charge in [0.2, 0.25) is 9.76 Å². The summed E-state index contributed by atoms with van der Waals surface area (Å²) in [4.78, 5) is 11.3. The van der Waals surface area contributed by atoms with Crippen molar-refractivity contribution in [3.05, 3.63) is 23.2 Å². The molecule has 4 nitrogen and oxygen atoms in total. The minimum Gasteiger partial charge on any atom is -0.408 e. The van der Waals surface area contributed by atoms with E-state index >= 15 is 0 Å². The van der Waals surface area contributed by atoms with E-state index < -0.39 is 5.60 Å². The van der Waals surface area contributed by atoms with Gasteiger partial charge in [-0.2, -0.15) is 0 Å². The van der Waals surface area contributed by atoms with Crippen LogP contribution in [0, 0.1) is 0 Å². The topological polar surface area (TPSA) is 50.8 Å². The van der Waals surface area contributed by atoms with Crippen molar-refractivity contribution >= 4 is 32.4 Å². The normalized spacial score (nSPS) is 13.2. The van der Waals surface area contributed by atoms with Crippen LogP contribution in [0.5, 0.6) is 0 Å². The van der Waals surface area contributed by atoms with Crippen molar-refractivity contribution in [2.45, 2.75) is 45.3 Å². The molecule has 2 radical (unpaired) electrons. The largest absolute Gasteiger partial charge is 0.408 e. The van der Waals surface area contributed by atoms with E-state index in [1.54, 1.807) is 0 Å². The van der Waals surface area contributed by atoms with Crippen LogP contribution in [0.25, 0.3) is 11.0 Å². The Bertz CT molecular complexity index is 589. The molecule has 0 spiro atoms. The highest BCUT2D eigenvalue weighted by molar-refractivity contribution is 6.34. The van der Waals surface area contributed by atoms with Crippen LogP contribution in [0.4, 0.5) is 0 Å². The molecule has 0 aliphatic heterocycles. The molecule has 19 heavy (non-hydrogen) atoms. The highest BCUT2D eigenvalue weighted by Gasteiger charge is 2.29. The lowest BCUT2D eigenvalue weighted by Crippen LogP contribution is -2.27. The number of aromatic nitrogens is 3. The van der Waals surface area contributed by atoms with Gasteiger partial charge >= 0.3 is 0 Å². The van der Waals surface area contributed by atoms with E-state index in [1.807, 2.05) is 20.0 Å². The maximum atomic E-state index is 6.18. The lowest BCUT2D eigenvalue weighted by Gasteiger charge is -2.29. The van der Waals surface area contributed by atoms with Gasteiger partial charge in [0, 0.05) is 11.8 Å². The van der Waals surface area contributed by atoms with Gasteiger partial charge in [-0.05, 0) is 18.9 Å². The molecule has 0 fully saturated rings. The number of rotatable bonds is 3. The average molecular weight is 296 g/mol. The molecule has 6 heteroatoms. The Morgan fingerprint density at radius 3 is 2.53 bits per heavy atom. The summed E-state index contributed by atoms with van der Waals surface area (Å²) >= 11 is 6.18. The Morgan fingerprint density at radius 1 is 1.21 bits per heavy atom. The number of nitrogens with one attached hydrogen (secondary N) is 1. The van der Waals surface area contributed by atoms with Crippen LogP contribution in [0.15, 0.2) is 12.5 Å². The minimum absolute atomic E-state index is 0.143. The zero-order valence-corrected chi connectivity index (χ0v) is 13.6. The third-order valence-corrected chi connectivity index (χ3v) is 4.20. The third kappa shape index (κ3) is 3.16. The van der Waals surface area contributed by atoms with Gasteiger partial charge in [0.1, 0.15) is 17.1 Å². The van der Waals surface area contributed by atoms with Crippen molar-refractivity contribution in [1.82, 2.24) is 15.0 Å². The minimum atomic E-state index is -0.432. The van der Waals surface area contributed by atoms with Gasteiger partial charge in [-0.15, -0.1) is 0 Å². The summed E-state index contributed by atoms with van der Waals surface area (Å²) < 4.78 is 6.09. The molecule has 0 saturated heterocycles. The standard InChI is InChI=1S/C13H18ClN3OSi/c1-12(2,3)19-18-13(4,5)8-6-15-11-9(8)10(14)16-7-17-11/h6-7H,1-5H3,(H,15,16,17). The van der Waals surface area contributed by atoms with E-state index in [-0.39, 0.29) is 5.04 Å². The number of fused-ring (bicyclic) bond motifs is 1. The lowest BCUT2D eigenvalue weighted by atomic mass is 9.99. The predicted molar refractivity (Wildman–Crippen MR) is 78.5 cm³/mol. The van der Waals surface area contributed by atoms with Crippen molar-refractivity contribution in [2.75, 3.05) is 0 Å². The molecule has 0 aliphatic carbocycles. The van der Waals surface area contributed by atoms with Crippen molar-refractivity contribution in [3.8, 4) is 0 Å². The van der Waals surface area contributed by atoms with Crippen LogP contribution < -0.4 is 0 Å². The van der Waals surface area contributed by atoms with Gasteiger partial charge < -0.3 is 9.41 Å². The number of H-pyrrole nitrogens is 1. The van der Waals surface area contributed by atoms with Crippen LogP contribution in [0.2, 0.25) is 10.2 Å². The van der Waals surface area contributed by atoms with Crippen molar-refractivity contribution < 1.29 is 4.43 Å². The van der Waals surface area contributed by atoms with Gasteiger partial charge in [-0.25, -0.2) is 9.97 Å². The average Bonchev–Trinajstić information content (AvgIpc) is 2.72. The predicted octanol–water partition coefficient (Wildman–Crippen LogP) is 3.70. The Morgan fingerprint density at radius 2 is 1.89 bits per heavy atom. The molecule has 2 heterocycles. The number of hydrogen-bond donors (Lipinski definition) is 1. The molecule has 1 N–H and O–H groups in total. The molecule has 0 unspecified atom stereocenters. The molecular weight excluding hydrogens is 278 g/mol. The van der Waals surface area contributed by atoms with Gasteiger partial charge in [0.05, 0.1) is 11.0 Å². The third-order valence-electron chi connectivity index (χ3n) is 2.68. The second-order valence-electron chi connectivity index (χ2n) is 6.05. The van der Waals surface area contributed by atoms with Crippen LogP contribution in [0.1, 0.15) is 40.2 Å². The fourth-order valence-corrected chi connectivity index (χ4v) is 2.64. The van der Waals surface area contributed by atoms with Gasteiger partial charge in [0.15, 0.2) is 0 Å². The van der Waals surface area contributed by atoms with E-state index in [9.17, 15) is 0 Å². The van der Waals surface area contributed by atoms with Crippen LogP contribution in [-0.4, -0.2) is 24.7 Å². The summed E-state index contributed by atoms with van der Waals surface area (Å²) in [5.41, 5.74) is 1.30. The summed E-state index contributed by atoms with van der Waals surface area (Å²) in [6.07, 6.45) is 3.36. The second-order valence-corrected chi connectivity index (χ2v) is 8.32. The number of halogens is 1. The fourth-order valence-electron chi connectivity index (χ4n) is 1.74. The molecule has 102 valence electrons. The molecule has 0 aromatic carbocycles. The molecular formula is C13H18ClN3OSi. The first-order valence-corrected chi connectivity index (χ1v) is 7.42. The Hall–Kier alpha value is -0.913. The Labute approximate surface area is 120 Å². The summed E-state index contributed by atoms with van der Waals surface area (Å²) in [5, 5.41) is 1.44. The second kappa shape index (κ2) is 4.88. The van der Waals surface area contributed by atoms with Gasteiger partial charge in [-0.3, -0.25) is 0 Å². The lowest BCUT2D eigenvalue weighted by molar-refractivity contribution is 0.111. The summed E-state index contributed by atoms with van der Waals surface area (Å²) in [6.45, 7) is 10.6. The summed E-state index contributed by atoms with van der Waals surface area (Å²) in [6, 6.07) is 0. The number of hydrogen-bond acceptors (Lipinski definition) is 3. The molecule has 0 bridgehead atoms. The quantitative estimate of drug-likeness (QED) is 0.694. The molecule has 0 saturated carbocycles. The van der Waals surface area contributed by atoms with Crippen LogP contribution >= 0.6 is 11.6 Å².